The largest absolute Gasteiger partial charge is 0.369 e. The van der Waals surface area contributed by atoms with Crippen molar-refractivity contribution in [2.24, 2.45) is 5.73 Å². The maximum Gasteiger partial charge on any atom is 0.230 e. The Morgan fingerprint density at radius 1 is 1.00 bits per heavy atom. The van der Waals surface area contributed by atoms with Crippen molar-refractivity contribution in [2.75, 3.05) is 0 Å². The maximum atomic E-state index is 11.4. The number of primary amides is 1. The maximum absolute atomic E-state index is 11.4. The summed E-state index contributed by atoms with van der Waals surface area (Å²) in [5, 5.41) is 0.348. The number of aryl methyl sites for hydroxylation is 2. The number of hydrogen-bond acceptors (Lipinski definition) is 3. The molecule has 3 rings (SSSR count). The zero-order valence-corrected chi connectivity index (χ0v) is 15.4. The number of aromatic amines is 1. The molecule has 128 valence electrons. The van der Waals surface area contributed by atoms with Gasteiger partial charge in [0.25, 0.3) is 0 Å². The van der Waals surface area contributed by atoms with Crippen LogP contribution in [0.15, 0.2) is 53.7 Å². The van der Waals surface area contributed by atoms with E-state index < -0.39 is 0 Å². The fourth-order valence-electron chi connectivity index (χ4n) is 2.48. The highest BCUT2D eigenvalue weighted by Gasteiger charge is 2.18. The summed E-state index contributed by atoms with van der Waals surface area (Å²) in [5.41, 5.74) is 11.7. The SMILES string of the molecule is Cc1ccc(-c2nc(S[C@H](C)C(N)=O)[nH]c2-c2ccc(C)cc2)cc1. The third-order valence-corrected chi connectivity index (χ3v) is 5.04. The van der Waals surface area contributed by atoms with Gasteiger partial charge in [-0.15, -0.1) is 0 Å². The predicted octanol–water partition coefficient (Wildman–Crippen LogP) is 4.33. The molecule has 1 amide bonds. The van der Waals surface area contributed by atoms with Gasteiger partial charge >= 0.3 is 0 Å². The summed E-state index contributed by atoms with van der Waals surface area (Å²) in [4.78, 5) is 19.5. The van der Waals surface area contributed by atoms with Crippen molar-refractivity contribution < 1.29 is 4.79 Å². The molecule has 0 aliphatic heterocycles. The number of hydrogen-bond donors (Lipinski definition) is 2. The Morgan fingerprint density at radius 3 is 2.04 bits per heavy atom. The minimum Gasteiger partial charge on any atom is -0.369 e. The number of nitrogens with zero attached hydrogens (tertiary/aromatic N) is 1. The van der Waals surface area contributed by atoms with Gasteiger partial charge in [0.2, 0.25) is 5.91 Å². The van der Waals surface area contributed by atoms with Crippen LogP contribution < -0.4 is 5.73 Å². The average Bonchev–Trinajstić information content (AvgIpc) is 3.00. The number of aromatic nitrogens is 2. The van der Waals surface area contributed by atoms with Crippen LogP contribution in [0.1, 0.15) is 18.1 Å². The second-order valence-corrected chi connectivity index (χ2v) is 7.49. The zero-order chi connectivity index (χ0) is 18.0. The van der Waals surface area contributed by atoms with Crippen LogP contribution in [-0.2, 0) is 4.79 Å². The molecule has 0 saturated carbocycles. The minimum atomic E-state index is -0.352. The molecule has 0 aliphatic rings. The van der Waals surface area contributed by atoms with Crippen LogP contribution in [0.25, 0.3) is 22.5 Å². The molecule has 1 atom stereocenters. The van der Waals surface area contributed by atoms with Crippen LogP contribution in [0.4, 0.5) is 0 Å². The Kier molecular flexibility index (Phi) is 4.95. The van der Waals surface area contributed by atoms with E-state index in [0.29, 0.717) is 5.16 Å². The number of imidazole rings is 1. The predicted molar refractivity (Wildman–Crippen MR) is 103 cm³/mol. The molecule has 1 aromatic heterocycles. The molecule has 0 saturated heterocycles. The van der Waals surface area contributed by atoms with Crippen molar-refractivity contribution in [3.8, 4) is 22.5 Å². The first-order valence-electron chi connectivity index (χ1n) is 8.14. The fraction of sp³-hybridized carbons (Fsp3) is 0.200. The van der Waals surface area contributed by atoms with Crippen molar-refractivity contribution >= 4 is 17.7 Å². The van der Waals surface area contributed by atoms with Crippen LogP contribution in [-0.4, -0.2) is 21.1 Å². The molecule has 0 aliphatic carbocycles. The molecule has 2 aromatic carbocycles. The van der Waals surface area contributed by atoms with Gasteiger partial charge < -0.3 is 10.7 Å². The smallest absolute Gasteiger partial charge is 0.230 e. The van der Waals surface area contributed by atoms with Gasteiger partial charge in [0, 0.05) is 11.1 Å². The Morgan fingerprint density at radius 2 is 1.52 bits per heavy atom. The first kappa shape index (κ1) is 17.3. The van der Waals surface area contributed by atoms with E-state index in [1.54, 1.807) is 6.92 Å². The molecular weight excluding hydrogens is 330 g/mol. The van der Waals surface area contributed by atoms with E-state index in [0.717, 1.165) is 22.5 Å². The van der Waals surface area contributed by atoms with E-state index >= 15 is 0 Å². The van der Waals surface area contributed by atoms with Crippen LogP contribution in [0.5, 0.6) is 0 Å². The number of carbonyl (C=O) groups excluding carboxylic acids is 1. The number of nitrogens with two attached hydrogens (primary N) is 1. The Hall–Kier alpha value is -2.53. The lowest BCUT2D eigenvalue weighted by Crippen LogP contribution is -2.22. The van der Waals surface area contributed by atoms with Gasteiger partial charge in [-0.05, 0) is 20.8 Å². The molecule has 5 heteroatoms. The summed E-state index contributed by atoms with van der Waals surface area (Å²) in [6.07, 6.45) is 0. The van der Waals surface area contributed by atoms with Crippen molar-refractivity contribution in [1.29, 1.82) is 0 Å². The number of H-pyrrole nitrogens is 1. The summed E-state index contributed by atoms with van der Waals surface area (Å²) in [6, 6.07) is 16.6. The molecule has 0 spiro atoms. The lowest BCUT2D eigenvalue weighted by atomic mass is 10.0. The van der Waals surface area contributed by atoms with Crippen molar-refractivity contribution in [3.05, 3.63) is 59.7 Å². The highest BCUT2D eigenvalue weighted by atomic mass is 32.2. The summed E-state index contributed by atoms with van der Waals surface area (Å²) in [5.74, 6) is -0.352. The number of amides is 1. The molecule has 3 N–H and O–H groups in total. The van der Waals surface area contributed by atoms with Crippen molar-refractivity contribution in [3.63, 3.8) is 0 Å². The third-order valence-electron chi connectivity index (χ3n) is 4.04. The number of rotatable bonds is 5. The molecule has 25 heavy (non-hydrogen) atoms. The van der Waals surface area contributed by atoms with Crippen LogP contribution >= 0.6 is 11.8 Å². The number of nitrogens with one attached hydrogen (secondary N) is 1. The van der Waals surface area contributed by atoms with Gasteiger partial charge in [-0.25, -0.2) is 4.98 Å². The third kappa shape index (κ3) is 3.94. The Balaban J connectivity index is 2.07. The van der Waals surface area contributed by atoms with Gasteiger partial charge in [0.1, 0.15) is 0 Å². The number of carbonyl (C=O) groups is 1. The van der Waals surface area contributed by atoms with Gasteiger partial charge in [-0.2, -0.15) is 0 Å². The molecule has 4 nitrogen and oxygen atoms in total. The second-order valence-electron chi connectivity index (χ2n) is 6.16. The lowest BCUT2D eigenvalue weighted by Gasteiger charge is -2.04. The van der Waals surface area contributed by atoms with E-state index in [4.69, 9.17) is 10.7 Å². The van der Waals surface area contributed by atoms with E-state index in [1.165, 1.54) is 22.9 Å². The normalized spacial score (nSPS) is 12.1. The highest BCUT2D eigenvalue weighted by Crippen LogP contribution is 2.34. The summed E-state index contributed by atoms with van der Waals surface area (Å²) in [6.45, 7) is 5.91. The summed E-state index contributed by atoms with van der Waals surface area (Å²) >= 11 is 1.34. The van der Waals surface area contributed by atoms with Crippen LogP contribution in [0.2, 0.25) is 0 Å². The fourth-order valence-corrected chi connectivity index (χ4v) is 3.24. The molecule has 0 radical (unpaired) electrons. The van der Waals surface area contributed by atoms with E-state index in [-0.39, 0.29) is 11.2 Å². The summed E-state index contributed by atoms with van der Waals surface area (Å²) < 4.78 is 0. The quantitative estimate of drug-likeness (QED) is 0.672. The van der Waals surface area contributed by atoms with E-state index in [2.05, 4.69) is 67.4 Å². The van der Waals surface area contributed by atoms with Gasteiger partial charge in [-0.3, -0.25) is 4.79 Å². The molecule has 0 unspecified atom stereocenters. The second kappa shape index (κ2) is 7.15. The minimum absolute atomic E-state index is 0.345. The number of benzene rings is 2. The first-order valence-corrected chi connectivity index (χ1v) is 9.02. The van der Waals surface area contributed by atoms with Crippen LogP contribution in [0, 0.1) is 13.8 Å². The molecule has 3 aromatic rings. The van der Waals surface area contributed by atoms with Gasteiger partial charge in [-0.1, -0.05) is 71.4 Å². The monoisotopic (exact) mass is 351 g/mol. The molecule has 0 fully saturated rings. The standard InChI is InChI=1S/C20H21N3OS/c1-12-4-8-15(9-5-12)17-18(16-10-6-13(2)7-11-16)23-20(22-17)25-14(3)19(21)24/h4-11,14H,1-3H3,(H2,21,24)(H,22,23)/t14-/m1/s1. The van der Waals surface area contributed by atoms with Crippen molar-refractivity contribution in [2.45, 2.75) is 31.2 Å². The Labute approximate surface area is 151 Å². The molecule has 0 bridgehead atoms. The Bertz CT molecular complexity index is 819. The zero-order valence-electron chi connectivity index (χ0n) is 14.5. The van der Waals surface area contributed by atoms with Crippen molar-refractivity contribution in [1.82, 2.24) is 9.97 Å². The van der Waals surface area contributed by atoms with Gasteiger partial charge in [0.15, 0.2) is 5.16 Å². The average molecular weight is 351 g/mol. The van der Waals surface area contributed by atoms with Gasteiger partial charge in [0.05, 0.1) is 16.6 Å². The lowest BCUT2D eigenvalue weighted by molar-refractivity contribution is -0.117. The van der Waals surface area contributed by atoms with E-state index in [1.807, 2.05) is 0 Å². The first-order chi connectivity index (χ1) is 11.9. The number of thioether (sulfide) groups is 1. The summed E-state index contributed by atoms with van der Waals surface area (Å²) in [7, 11) is 0. The van der Waals surface area contributed by atoms with Crippen LogP contribution in [0.3, 0.4) is 0 Å². The topological polar surface area (TPSA) is 71.8 Å². The molecule has 1 heterocycles. The molecular formula is C20H21N3OS. The highest BCUT2D eigenvalue weighted by molar-refractivity contribution is 8.00. The van der Waals surface area contributed by atoms with E-state index in [9.17, 15) is 4.79 Å².